The van der Waals surface area contributed by atoms with Crippen molar-refractivity contribution in [1.82, 2.24) is 24.7 Å². The second kappa shape index (κ2) is 4.93. The summed E-state index contributed by atoms with van der Waals surface area (Å²) in [4.78, 5) is 22.4. The molecule has 26 heavy (non-hydrogen) atoms. The lowest BCUT2D eigenvalue weighted by Crippen LogP contribution is -2.06. The Morgan fingerprint density at radius 2 is 2.04 bits per heavy atom. The lowest BCUT2D eigenvalue weighted by molar-refractivity contribution is -0.136. The number of halogens is 3. The summed E-state index contributed by atoms with van der Waals surface area (Å²) < 4.78 is 46.2. The third kappa shape index (κ3) is 2.21. The highest BCUT2D eigenvalue weighted by atomic mass is 19.4. The molecule has 0 radical (unpaired) electrons. The second-order valence-corrected chi connectivity index (χ2v) is 6.16. The van der Waals surface area contributed by atoms with E-state index in [1.54, 1.807) is 10.9 Å². The van der Waals surface area contributed by atoms with E-state index in [4.69, 9.17) is 4.42 Å². The van der Waals surface area contributed by atoms with Crippen LogP contribution in [0.4, 0.5) is 13.2 Å². The van der Waals surface area contributed by atoms with Crippen LogP contribution in [-0.4, -0.2) is 24.7 Å². The molecule has 0 aliphatic heterocycles. The molecule has 0 spiro atoms. The molecule has 1 aromatic carbocycles. The lowest BCUT2D eigenvalue weighted by atomic mass is 10.1. The number of H-pyrrole nitrogens is 1. The van der Waals surface area contributed by atoms with E-state index >= 15 is 0 Å². The molecule has 3 heterocycles. The van der Waals surface area contributed by atoms with E-state index < -0.39 is 23.0 Å². The van der Waals surface area contributed by atoms with Crippen LogP contribution < -0.4 is 5.76 Å². The van der Waals surface area contributed by atoms with Gasteiger partial charge in [0.2, 0.25) is 0 Å². The van der Waals surface area contributed by atoms with Gasteiger partial charge in [0.15, 0.2) is 11.2 Å². The minimum Gasteiger partial charge on any atom is -0.407 e. The highest BCUT2D eigenvalue weighted by Crippen LogP contribution is 2.38. The maximum absolute atomic E-state index is 13.2. The first kappa shape index (κ1) is 15.1. The molecule has 10 heteroatoms. The fourth-order valence-electron chi connectivity index (χ4n) is 3.02. The number of nitrogens with zero attached hydrogens (tertiary/aromatic N) is 4. The van der Waals surface area contributed by atoms with Gasteiger partial charge in [0.25, 0.3) is 0 Å². The van der Waals surface area contributed by atoms with E-state index in [1.807, 2.05) is 0 Å². The summed E-state index contributed by atoms with van der Waals surface area (Å²) >= 11 is 0. The quantitative estimate of drug-likeness (QED) is 0.592. The van der Waals surface area contributed by atoms with Gasteiger partial charge in [-0.15, -0.1) is 0 Å². The van der Waals surface area contributed by atoms with Crippen LogP contribution in [0.15, 0.2) is 33.7 Å². The van der Waals surface area contributed by atoms with Gasteiger partial charge in [-0.05, 0) is 25.0 Å². The van der Waals surface area contributed by atoms with Crippen molar-refractivity contribution in [2.24, 2.45) is 0 Å². The predicted octanol–water partition coefficient (Wildman–Crippen LogP) is 3.28. The van der Waals surface area contributed by atoms with Gasteiger partial charge >= 0.3 is 11.9 Å². The van der Waals surface area contributed by atoms with Gasteiger partial charge in [-0.1, -0.05) is 0 Å². The number of hydrogen-bond acceptors (Lipinski definition) is 5. The van der Waals surface area contributed by atoms with Crippen LogP contribution in [0.3, 0.4) is 0 Å². The molecule has 1 fully saturated rings. The molecule has 0 bridgehead atoms. The number of fused-ring (bicyclic) bond motifs is 2. The fraction of sp³-hybridized carbons (Fsp3) is 0.250. The fourth-order valence-corrected chi connectivity index (χ4v) is 3.02. The average molecular weight is 361 g/mol. The maximum atomic E-state index is 13.2. The van der Waals surface area contributed by atoms with Crippen molar-refractivity contribution in [3.05, 3.63) is 40.6 Å². The first-order valence-electron chi connectivity index (χ1n) is 7.85. The predicted molar refractivity (Wildman–Crippen MR) is 84.4 cm³/mol. The van der Waals surface area contributed by atoms with E-state index in [0.29, 0.717) is 22.9 Å². The highest BCUT2D eigenvalue weighted by Gasteiger charge is 2.35. The van der Waals surface area contributed by atoms with E-state index in [9.17, 15) is 18.0 Å². The Kier molecular flexibility index (Phi) is 2.87. The van der Waals surface area contributed by atoms with Gasteiger partial charge in [-0.3, -0.25) is 4.98 Å². The molecule has 1 aliphatic carbocycles. The second-order valence-electron chi connectivity index (χ2n) is 6.16. The SMILES string of the molecule is O=c1[nH]c2c(C(F)(F)F)ccc(-c3cnc4c(cnn4C4CC4)n3)c2o1. The van der Waals surface area contributed by atoms with Crippen LogP contribution in [0.5, 0.6) is 0 Å². The van der Waals surface area contributed by atoms with Gasteiger partial charge in [0.1, 0.15) is 11.0 Å². The summed E-state index contributed by atoms with van der Waals surface area (Å²) in [6.07, 6.45) is 0.462. The van der Waals surface area contributed by atoms with Crippen LogP contribution in [0.1, 0.15) is 24.4 Å². The number of hydrogen-bond donors (Lipinski definition) is 1. The van der Waals surface area contributed by atoms with Crippen molar-refractivity contribution in [2.75, 3.05) is 0 Å². The van der Waals surface area contributed by atoms with E-state index in [1.165, 1.54) is 12.3 Å². The number of aromatic nitrogens is 5. The zero-order valence-electron chi connectivity index (χ0n) is 13.0. The first-order valence-corrected chi connectivity index (χ1v) is 7.85. The number of aromatic amines is 1. The molecule has 1 N–H and O–H groups in total. The van der Waals surface area contributed by atoms with Gasteiger partial charge < -0.3 is 4.42 Å². The van der Waals surface area contributed by atoms with Crippen LogP contribution in [0.25, 0.3) is 33.5 Å². The smallest absolute Gasteiger partial charge is 0.407 e. The standard InChI is InChI=1S/C16H10F3N5O2/c17-16(18,19)9-4-3-8(13-12(9)23-15(25)26-13)10-5-20-14-11(22-10)6-21-24(14)7-1-2-7/h3-7H,1-2H2,(H,23,25). The van der Waals surface area contributed by atoms with E-state index in [2.05, 4.69) is 20.1 Å². The highest BCUT2D eigenvalue weighted by molar-refractivity contribution is 5.92. The van der Waals surface area contributed by atoms with Crippen LogP contribution in [-0.2, 0) is 6.18 Å². The summed E-state index contributed by atoms with van der Waals surface area (Å²) in [6, 6.07) is 2.44. The summed E-state index contributed by atoms with van der Waals surface area (Å²) in [5.74, 6) is -0.964. The largest absolute Gasteiger partial charge is 0.418 e. The van der Waals surface area contributed by atoms with E-state index in [0.717, 1.165) is 18.9 Å². The molecule has 0 atom stereocenters. The van der Waals surface area contributed by atoms with Crippen molar-refractivity contribution in [2.45, 2.75) is 25.1 Å². The minimum absolute atomic E-state index is 0.201. The lowest BCUT2D eigenvalue weighted by Gasteiger charge is -2.09. The van der Waals surface area contributed by atoms with Gasteiger partial charge in [-0.25, -0.2) is 19.4 Å². The molecule has 5 rings (SSSR count). The summed E-state index contributed by atoms with van der Waals surface area (Å²) in [7, 11) is 0. The zero-order chi connectivity index (χ0) is 18.1. The van der Waals surface area contributed by atoms with Crippen molar-refractivity contribution >= 4 is 22.3 Å². The van der Waals surface area contributed by atoms with Crippen LogP contribution in [0, 0.1) is 0 Å². The molecule has 3 aromatic heterocycles. The number of rotatable bonds is 2. The Balaban J connectivity index is 1.72. The zero-order valence-corrected chi connectivity index (χ0v) is 13.0. The van der Waals surface area contributed by atoms with Gasteiger partial charge in [-0.2, -0.15) is 18.3 Å². The molecule has 7 nitrogen and oxygen atoms in total. The molecule has 132 valence electrons. The number of oxazole rings is 1. The summed E-state index contributed by atoms with van der Waals surface area (Å²) in [6.45, 7) is 0. The number of alkyl halides is 3. The van der Waals surface area contributed by atoms with Gasteiger partial charge in [0, 0.05) is 5.56 Å². The van der Waals surface area contributed by atoms with Crippen molar-refractivity contribution < 1.29 is 17.6 Å². The molecule has 0 saturated heterocycles. The van der Waals surface area contributed by atoms with Crippen LogP contribution >= 0.6 is 0 Å². The van der Waals surface area contributed by atoms with Crippen molar-refractivity contribution in [1.29, 1.82) is 0 Å². The van der Waals surface area contributed by atoms with Crippen molar-refractivity contribution in [3.63, 3.8) is 0 Å². The molecule has 1 saturated carbocycles. The topological polar surface area (TPSA) is 89.6 Å². The van der Waals surface area contributed by atoms with Crippen LogP contribution in [0.2, 0.25) is 0 Å². The molecule has 4 aromatic rings. The molecule has 1 aliphatic rings. The first-order chi connectivity index (χ1) is 12.4. The van der Waals surface area contributed by atoms with Crippen molar-refractivity contribution in [3.8, 4) is 11.3 Å². The Morgan fingerprint density at radius 1 is 1.23 bits per heavy atom. The molecule has 0 amide bonds. The summed E-state index contributed by atoms with van der Waals surface area (Å²) in [5.41, 5.74) is 0.117. The Morgan fingerprint density at radius 3 is 2.77 bits per heavy atom. The number of benzene rings is 1. The molecular formula is C16H10F3N5O2. The monoisotopic (exact) mass is 361 g/mol. The van der Waals surface area contributed by atoms with E-state index in [-0.39, 0.29) is 11.1 Å². The Hall–Kier alpha value is -3.17. The Labute approximate surface area is 142 Å². The Bertz CT molecular complexity index is 1220. The maximum Gasteiger partial charge on any atom is 0.418 e. The average Bonchev–Trinajstić information content (AvgIpc) is 3.22. The minimum atomic E-state index is -4.62. The van der Waals surface area contributed by atoms with Gasteiger partial charge in [0.05, 0.1) is 29.7 Å². The third-order valence-electron chi connectivity index (χ3n) is 4.35. The normalized spacial score (nSPS) is 15.2. The molecular weight excluding hydrogens is 351 g/mol. The third-order valence-corrected chi connectivity index (χ3v) is 4.35. The number of nitrogens with one attached hydrogen (secondary N) is 1. The molecule has 0 unspecified atom stereocenters. The summed E-state index contributed by atoms with van der Waals surface area (Å²) in [5, 5.41) is 4.27.